The highest BCUT2D eigenvalue weighted by molar-refractivity contribution is 9.10. The maximum absolute atomic E-state index is 13.0. The van der Waals surface area contributed by atoms with Crippen molar-refractivity contribution in [3.8, 4) is 5.75 Å². The van der Waals surface area contributed by atoms with E-state index in [4.69, 9.17) is 9.84 Å². The van der Waals surface area contributed by atoms with Crippen LogP contribution in [-0.4, -0.2) is 33.1 Å². The van der Waals surface area contributed by atoms with E-state index < -0.39 is 12.1 Å². The van der Waals surface area contributed by atoms with Crippen LogP contribution in [0.4, 0.5) is 0 Å². The topological polar surface area (TPSA) is 93.8 Å². The molecule has 0 spiro atoms. The van der Waals surface area contributed by atoms with Crippen molar-refractivity contribution in [2.45, 2.75) is 32.8 Å². The number of carboxylic acid groups (broad SMARTS) is 1. The number of benzene rings is 2. The molecular formula is C21H20BrN3O4. The molecule has 3 rings (SSSR count). The van der Waals surface area contributed by atoms with E-state index in [0.29, 0.717) is 34.5 Å². The molecule has 0 unspecified atom stereocenters. The molecule has 0 bridgehead atoms. The lowest BCUT2D eigenvalue weighted by molar-refractivity contribution is -0.144. The number of carbonyl (C=O) groups is 1. The minimum atomic E-state index is -1.07. The van der Waals surface area contributed by atoms with Crippen molar-refractivity contribution in [2.75, 3.05) is 0 Å². The number of ether oxygens (including phenoxy) is 1. The number of hydrogen-bond donors (Lipinski definition) is 1. The van der Waals surface area contributed by atoms with Crippen LogP contribution in [-0.2, 0) is 11.2 Å². The number of aromatic nitrogens is 2. The Bertz CT molecular complexity index is 1140. The summed E-state index contributed by atoms with van der Waals surface area (Å²) in [6.45, 7) is 3.45. The van der Waals surface area contributed by atoms with Gasteiger partial charge in [0.25, 0.3) is 5.56 Å². The molecule has 0 saturated heterocycles. The van der Waals surface area contributed by atoms with Gasteiger partial charge in [0.15, 0.2) is 6.10 Å². The molecule has 0 aliphatic rings. The van der Waals surface area contributed by atoms with Crippen LogP contribution in [0.5, 0.6) is 5.75 Å². The molecule has 2 aromatic carbocycles. The molecule has 0 aliphatic carbocycles. The van der Waals surface area contributed by atoms with Crippen LogP contribution in [0.25, 0.3) is 10.9 Å². The number of para-hydroxylation sites is 1. The molecule has 0 aliphatic heterocycles. The standard InChI is InChI=1S/C21H20BrN3O4/c1-3-6-19-24-17-10-9-15(22)11-16(17)20(26)25(19)23-12-14-7-4-5-8-18(14)29-13(2)21(27)28/h4-5,7-13H,3,6H2,1-2H3,(H,27,28)/t13-/m0/s1. The van der Waals surface area contributed by atoms with Gasteiger partial charge in [0.2, 0.25) is 0 Å². The molecule has 29 heavy (non-hydrogen) atoms. The first kappa shape index (κ1) is 20.7. The van der Waals surface area contributed by atoms with E-state index in [-0.39, 0.29) is 5.56 Å². The Kier molecular flexibility index (Phi) is 6.43. The summed E-state index contributed by atoms with van der Waals surface area (Å²) in [6.07, 6.45) is 1.87. The first-order chi connectivity index (χ1) is 13.9. The minimum Gasteiger partial charge on any atom is -0.479 e. The molecule has 8 heteroatoms. The second kappa shape index (κ2) is 9.00. The van der Waals surface area contributed by atoms with E-state index in [0.717, 1.165) is 10.9 Å². The highest BCUT2D eigenvalue weighted by Crippen LogP contribution is 2.19. The van der Waals surface area contributed by atoms with Crippen LogP contribution in [0, 0.1) is 0 Å². The molecule has 0 radical (unpaired) electrons. The van der Waals surface area contributed by atoms with Crippen LogP contribution in [0.15, 0.2) is 56.8 Å². The molecule has 1 aromatic heterocycles. The molecule has 7 nitrogen and oxygen atoms in total. The third-order valence-electron chi connectivity index (χ3n) is 4.23. The zero-order chi connectivity index (χ0) is 21.0. The normalized spacial score (nSPS) is 12.4. The first-order valence-corrected chi connectivity index (χ1v) is 9.94. The fourth-order valence-electron chi connectivity index (χ4n) is 2.75. The third kappa shape index (κ3) is 4.71. The van der Waals surface area contributed by atoms with Crippen LogP contribution in [0.2, 0.25) is 0 Å². The SMILES string of the molecule is CCCc1nc2ccc(Br)cc2c(=O)n1N=Cc1ccccc1O[C@@H](C)C(=O)O. The quantitative estimate of drug-likeness (QED) is 0.543. The first-order valence-electron chi connectivity index (χ1n) is 9.14. The Hall–Kier alpha value is -3.00. The molecule has 0 amide bonds. The van der Waals surface area contributed by atoms with Crippen LogP contribution in [0.1, 0.15) is 31.7 Å². The summed E-state index contributed by atoms with van der Waals surface area (Å²) in [5.41, 5.74) is 0.907. The Morgan fingerprint density at radius 1 is 1.34 bits per heavy atom. The van der Waals surface area contributed by atoms with Gasteiger partial charge in [-0.2, -0.15) is 9.78 Å². The fraction of sp³-hybridized carbons (Fsp3) is 0.238. The predicted octanol–water partition coefficient (Wildman–Crippen LogP) is 3.85. The zero-order valence-electron chi connectivity index (χ0n) is 16.0. The number of halogens is 1. The molecule has 1 atom stereocenters. The smallest absolute Gasteiger partial charge is 0.344 e. The van der Waals surface area contributed by atoms with Crippen LogP contribution >= 0.6 is 15.9 Å². The van der Waals surface area contributed by atoms with Gasteiger partial charge in [-0.1, -0.05) is 35.0 Å². The van der Waals surface area contributed by atoms with E-state index in [1.807, 2.05) is 13.0 Å². The molecule has 0 saturated carbocycles. The largest absolute Gasteiger partial charge is 0.479 e. The van der Waals surface area contributed by atoms with Crippen molar-refractivity contribution in [1.29, 1.82) is 0 Å². The second-order valence-corrected chi connectivity index (χ2v) is 7.35. The average Bonchev–Trinajstić information content (AvgIpc) is 2.69. The summed E-state index contributed by atoms with van der Waals surface area (Å²) in [6, 6.07) is 12.3. The van der Waals surface area contributed by atoms with Gasteiger partial charge in [-0.3, -0.25) is 4.79 Å². The van der Waals surface area contributed by atoms with E-state index in [1.165, 1.54) is 17.8 Å². The van der Waals surface area contributed by atoms with Gasteiger partial charge in [-0.15, -0.1) is 0 Å². The Morgan fingerprint density at radius 3 is 2.83 bits per heavy atom. The average molecular weight is 458 g/mol. The van der Waals surface area contributed by atoms with Crippen molar-refractivity contribution < 1.29 is 14.6 Å². The zero-order valence-corrected chi connectivity index (χ0v) is 17.6. The molecule has 150 valence electrons. The summed E-state index contributed by atoms with van der Waals surface area (Å²) in [7, 11) is 0. The number of aryl methyl sites for hydroxylation is 1. The Balaban J connectivity index is 2.07. The van der Waals surface area contributed by atoms with Crippen LogP contribution in [0.3, 0.4) is 0 Å². The highest BCUT2D eigenvalue weighted by Gasteiger charge is 2.14. The second-order valence-electron chi connectivity index (χ2n) is 6.44. The number of rotatable bonds is 7. The van der Waals surface area contributed by atoms with Gasteiger partial charge in [-0.25, -0.2) is 9.78 Å². The van der Waals surface area contributed by atoms with Gasteiger partial charge in [0.1, 0.15) is 11.6 Å². The Labute approximate surface area is 175 Å². The summed E-state index contributed by atoms with van der Waals surface area (Å²) in [4.78, 5) is 28.7. The number of hydrogen-bond acceptors (Lipinski definition) is 5. The highest BCUT2D eigenvalue weighted by atomic mass is 79.9. The van der Waals surface area contributed by atoms with Gasteiger partial charge in [-0.05, 0) is 43.7 Å². The third-order valence-corrected chi connectivity index (χ3v) is 4.73. The summed E-state index contributed by atoms with van der Waals surface area (Å²) in [5, 5.41) is 13.9. The number of nitrogens with zero attached hydrogens (tertiary/aromatic N) is 3. The lowest BCUT2D eigenvalue weighted by atomic mass is 10.2. The van der Waals surface area contributed by atoms with Crippen molar-refractivity contribution in [3.63, 3.8) is 0 Å². The lowest BCUT2D eigenvalue weighted by Gasteiger charge is -2.12. The van der Waals surface area contributed by atoms with Crippen molar-refractivity contribution >= 4 is 39.0 Å². The summed E-state index contributed by atoms with van der Waals surface area (Å²) in [5.74, 6) is -0.142. The van der Waals surface area contributed by atoms with Gasteiger partial charge in [0.05, 0.1) is 17.1 Å². The summed E-state index contributed by atoms with van der Waals surface area (Å²) >= 11 is 3.38. The molecular weight excluding hydrogens is 438 g/mol. The maximum Gasteiger partial charge on any atom is 0.344 e. The van der Waals surface area contributed by atoms with Gasteiger partial charge >= 0.3 is 5.97 Å². The van der Waals surface area contributed by atoms with Crippen molar-refractivity contribution in [3.05, 3.63) is 68.7 Å². The monoisotopic (exact) mass is 457 g/mol. The molecule has 1 heterocycles. The van der Waals surface area contributed by atoms with E-state index in [9.17, 15) is 9.59 Å². The molecule has 0 fully saturated rings. The number of fused-ring (bicyclic) bond motifs is 1. The molecule has 1 N–H and O–H groups in total. The fourth-order valence-corrected chi connectivity index (χ4v) is 3.12. The van der Waals surface area contributed by atoms with E-state index in [1.54, 1.807) is 36.4 Å². The number of carboxylic acids is 1. The predicted molar refractivity (Wildman–Crippen MR) is 115 cm³/mol. The molecule has 3 aromatic rings. The van der Waals surface area contributed by atoms with E-state index >= 15 is 0 Å². The van der Waals surface area contributed by atoms with Gasteiger partial charge in [0, 0.05) is 16.5 Å². The van der Waals surface area contributed by atoms with Gasteiger partial charge < -0.3 is 9.84 Å². The van der Waals surface area contributed by atoms with E-state index in [2.05, 4.69) is 26.0 Å². The van der Waals surface area contributed by atoms with Crippen LogP contribution < -0.4 is 10.3 Å². The number of aliphatic carboxylic acids is 1. The summed E-state index contributed by atoms with van der Waals surface area (Å²) < 4.78 is 7.56. The maximum atomic E-state index is 13.0. The minimum absolute atomic E-state index is 0.270. The lowest BCUT2D eigenvalue weighted by Crippen LogP contribution is -2.24. The van der Waals surface area contributed by atoms with Crippen molar-refractivity contribution in [1.82, 2.24) is 9.66 Å². The Morgan fingerprint density at radius 2 is 2.10 bits per heavy atom. The van der Waals surface area contributed by atoms with Crippen molar-refractivity contribution in [2.24, 2.45) is 5.10 Å².